The highest BCUT2D eigenvalue weighted by Gasteiger charge is 2.16. The summed E-state index contributed by atoms with van der Waals surface area (Å²) in [5.74, 6) is 2.71. The van der Waals surface area contributed by atoms with E-state index in [1.54, 1.807) is 0 Å². The first-order chi connectivity index (χ1) is 15.3. The predicted molar refractivity (Wildman–Crippen MR) is 129 cm³/mol. The van der Waals surface area contributed by atoms with E-state index in [0.29, 0.717) is 11.6 Å². The van der Waals surface area contributed by atoms with Crippen molar-refractivity contribution in [3.63, 3.8) is 0 Å². The van der Waals surface area contributed by atoms with Gasteiger partial charge >= 0.3 is 0 Å². The summed E-state index contributed by atoms with van der Waals surface area (Å²) in [7, 11) is 0. The molecule has 0 bridgehead atoms. The third-order valence-corrected chi connectivity index (χ3v) is 6.85. The fourth-order valence-corrected chi connectivity index (χ4v) is 5.04. The van der Waals surface area contributed by atoms with E-state index in [1.807, 2.05) is 24.3 Å². The molecule has 4 aromatic rings. The van der Waals surface area contributed by atoms with Crippen LogP contribution in [0.5, 0.6) is 5.75 Å². The molecule has 0 radical (unpaired) electrons. The number of benzene rings is 3. The maximum atomic E-state index is 6.07. The zero-order chi connectivity index (χ0) is 21.0. The highest BCUT2D eigenvalue weighted by Crippen LogP contribution is 2.29. The molecule has 0 saturated heterocycles. The van der Waals surface area contributed by atoms with Crippen LogP contribution in [0.2, 0.25) is 5.02 Å². The van der Waals surface area contributed by atoms with Gasteiger partial charge in [-0.2, -0.15) is 0 Å². The zero-order valence-electron chi connectivity index (χ0n) is 17.9. The van der Waals surface area contributed by atoms with Gasteiger partial charge in [0, 0.05) is 11.6 Å². The SMILES string of the molecule is Clc1ccc(OCc2nc3cc4ccccc4cc3n2CCCC2CCCCC2)cc1. The van der Waals surface area contributed by atoms with Gasteiger partial charge in [0.1, 0.15) is 18.2 Å². The Morgan fingerprint density at radius 1 is 0.935 bits per heavy atom. The summed E-state index contributed by atoms with van der Waals surface area (Å²) in [6.45, 7) is 1.45. The minimum absolute atomic E-state index is 0.454. The van der Waals surface area contributed by atoms with Crippen LogP contribution >= 0.6 is 11.6 Å². The summed E-state index contributed by atoms with van der Waals surface area (Å²) in [6, 6.07) is 20.5. The molecule has 4 heteroatoms. The second-order valence-corrected chi connectivity index (χ2v) is 9.19. The summed E-state index contributed by atoms with van der Waals surface area (Å²) >= 11 is 6.01. The second kappa shape index (κ2) is 9.32. The first-order valence-electron chi connectivity index (χ1n) is 11.5. The van der Waals surface area contributed by atoms with Gasteiger partial charge in [-0.3, -0.25) is 0 Å². The third kappa shape index (κ3) is 4.72. The molecule has 31 heavy (non-hydrogen) atoms. The topological polar surface area (TPSA) is 27.1 Å². The molecule has 1 aliphatic rings. The van der Waals surface area contributed by atoms with Crippen LogP contribution in [0.4, 0.5) is 0 Å². The lowest BCUT2D eigenvalue weighted by atomic mass is 9.86. The minimum Gasteiger partial charge on any atom is -0.486 e. The number of hydrogen-bond acceptors (Lipinski definition) is 2. The van der Waals surface area contributed by atoms with E-state index in [1.165, 1.54) is 61.2 Å². The third-order valence-electron chi connectivity index (χ3n) is 6.60. The largest absolute Gasteiger partial charge is 0.486 e. The van der Waals surface area contributed by atoms with Gasteiger partial charge in [0.05, 0.1) is 11.0 Å². The number of aryl methyl sites for hydroxylation is 1. The standard InChI is InChI=1S/C27H29ClN2O/c28-23-12-14-24(15-13-23)31-19-27-29-25-17-21-10-4-5-11-22(21)18-26(25)30(27)16-6-9-20-7-2-1-3-8-20/h4-5,10-15,17-18,20H,1-3,6-9,16,19H2. The Morgan fingerprint density at radius 2 is 1.68 bits per heavy atom. The smallest absolute Gasteiger partial charge is 0.147 e. The van der Waals surface area contributed by atoms with Crippen molar-refractivity contribution in [1.29, 1.82) is 0 Å². The lowest BCUT2D eigenvalue weighted by Gasteiger charge is -2.21. The van der Waals surface area contributed by atoms with E-state index < -0.39 is 0 Å². The Bertz CT molecular complexity index is 1160. The highest BCUT2D eigenvalue weighted by molar-refractivity contribution is 6.30. The van der Waals surface area contributed by atoms with Gasteiger partial charge in [-0.05, 0) is 65.9 Å². The number of halogens is 1. The van der Waals surface area contributed by atoms with Gasteiger partial charge in [0.2, 0.25) is 0 Å². The fourth-order valence-electron chi connectivity index (χ4n) is 4.91. The maximum Gasteiger partial charge on any atom is 0.147 e. The van der Waals surface area contributed by atoms with Gasteiger partial charge in [-0.15, -0.1) is 0 Å². The molecule has 0 N–H and O–H groups in total. The van der Waals surface area contributed by atoms with E-state index in [4.69, 9.17) is 21.3 Å². The van der Waals surface area contributed by atoms with Crippen molar-refractivity contribution in [1.82, 2.24) is 9.55 Å². The molecule has 1 fully saturated rings. The molecule has 0 spiro atoms. The Balaban J connectivity index is 1.41. The summed E-state index contributed by atoms with van der Waals surface area (Å²) in [4.78, 5) is 4.97. The van der Waals surface area contributed by atoms with Crippen molar-refractivity contribution in [3.8, 4) is 5.75 Å². The molecule has 160 valence electrons. The summed E-state index contributed by atoms with van der Waals surface area (Å²) in [5, 5.41) is 3.20. The number of imidazole rings is 1. The molecule has 1 aromatic heterocycles. The lowest BCUT2D eigenvalue weighted by molar-refractivity contribution is 0.286. The van der Waals surface area contributed by atoms with Crippen molar-refractivity contribution in [3.05, 3.63) is 71.5 Å². The molecule has 1 aliphatic carbocycles. The van der Waals surface area contributed by atoms with E-state index >= 15 is 0 Å². The molecule has 0 atom stereocenters. The zero-order valence-corrected chi connectivity index (χ0v) is 18.7. The molecule has 0 unspecified atom stereocenters. The molecule has 3 nitrogen and oxygen atoms in total. The average Bonchev–Trinajstić information content (AvgIpc) is 3.14. The van der Waals surface area contributed by atoms with Crippen LogP contribution in [0.25, 0.3) is 21.8 Å². The number of rotatable bonds is 7. The Labute approximate surface area is 189 Å². The lowest BCUT2D eigenvalue weighted by Crippen LogP contribution is -2.10. The van der Waals surface area contributed by atoms with Crippen LogP contribution in [0.1, 0.15) is 50.8 Å². The number of hydrogen-bond donors (Lipinski definition) is 0. The number of aromatic nitrogens is 2. The van der Waals surface area contributed by atoms with Gasteiger partial charge in [0.15, 0.2) is 0 Å². The van der Waals surface area contributed by atoms with E-state index in [0.717, 1.165) is 29.6 Å². The Morgan fingerprint density at radius 3 is 2.45 bits per heavy atom. The van der Waals surface area contributed by atoms with Crippen LogP contribution < -0.4 is 4.74 Å². The van der Waals surface area contributed by atoms with Crippen molar-refractivity contribution < 1.29 is 4.74 Å². The van der Waals surface area contributed by atoms with Gasteiger partial charge < -0.3 is 9.30 Å². The highest BCUT2D eigenvalue weighted by atomic mass is 35.5. The first kappa shape index (κ1) is 20.4. The number of ether oxygens (including phenoxy) is 1. The maximum absolute atomic E-state index is 6.07. The minimum atomic E-state index is 0.454. The molecule has 1 saturated carbocycles. The van der Waals surface area contributed by atoms with Crippen molar-refractivity contribution in [2.75, 3.05) is 0 Å². The summed E-state index contributed by atoms with van der Waals surface area (Å²) in [6.07, 6.45) is 9.54. The van der Waals surface area contributed by atoms with Crippen LogP contribution in [0.3, 0.4) is 0 Å². The van der Waals surface area contributed by atoms with Crippen molar-refractivity contribution in [2.45, 2.75) is 58.1 Å². The van der Waals surface area contributed by atoms with Gasteiger partial charge in [-0.25, -0.2) is 4.98 Å². The molecule has 0 aliphatic heterocycles. The van der Waals surface area contributed by atoms with Crippen LogP contribution in [0.15, 0.2) is 60.7 Å². The normalized spacial score (nSPS) is 15.0. The molecule has 0 amide bonds. The van der Waals surface area contributed by atoms with Crippen molar-refractivity contribution in [2.24, 2.45) is 5.92 Å². The predicted octanol–water partition coefficient (Wildman–Crippen LogP) is 7.78. The monoisotopic (exact) mass is 432 g/mol. The first-order valence-corrected chi connectivity index (χ1v) is 11.9. The average molecular weight is 433 g/mol. The molecule has 1 heterocycles. The van der Waals surface area contributed by atoms with Crippen molar-refractivity contribution >= 4 is 33.4 Å². The van der Waals surface area contributed by atoms with Crippen LogP contribution in [-0.2, 0) is 13.2 Å². The van der Waals surface area contributed by atoms with Gasteiger partial charge in [-0.1, -0.05) is 68.0 Å². The second-order valence-electron chi connectivity index (χ2n) is 8.76. The number of fused-ring (bicyclic) bond motifs is 2. The van der Waals surface area contributed by atoms with Crippen LogP contribution in [-0.4, -0.2) is 9.55 Å². The summed E-state index contributed by atoms with van der Waals surface area (Å²) in [5.41, 5.74) is 2.25. The van der Waals surface area contributed by atoms with E-state index in [9.17, 15) is 0 Å². The Kier molecular flexibility index (Phi) is 6.13. The summed E-state index contributed by atoms with van der Waals surface area (Å²) < 4.78 is 8.44. The molecule has 3 aromatic carbocycles. The quantitative estimate of drug-likeness (QED) is 0.298. The van der Waals surface area contributed by atoms with Crippen LogP contribution in [0, 0.1) is 5.92 Å². The van der Waals surface area contributed by atoms with E-state index in [-0.39, 0.29) is 0 Å². The number of nitrogens with zero attached hydrogens (tertiary/aromatic N) is 2. The van der Waals surface area contributed by atoms with E-state index in [2.05, 4.69) is 41.0 Å². The Hall–Kier alpha value is -2.52. The molecular weight excluding hydrogens is 404 g/mol. The molecule has 5 rings (SSSR count). The van der Waals surface area contributed by atoms with Gasteiger partial charge in [0.25, 0.3) is 0 Å². The molecular formula is C27H29ClN2O. The fraction of sp³-hybridized carbons (Fsp3) is 0.370.